The standard InChI is InChI=1S/C10H7Cl2N5O2/c11-6-2-1-3-7(12)8(6)15-9(18)10(19)16-17-4-13-14-5-17/h1-5H,(H,15,18)(H,16,19). The van der Waals surface area contributed by atoms with E-state index in [-0.39, 0.29) is 15.7 Å². The molecule has 9 heteroatoms. The first-order valence-corrected chi connectivity index (χ1v) is 5.74. The molecule has 1 aromatic heterocycles. The molecular formula is C10H7Cl2N5O2. The molecule has 98 valence electrons. The van der Waals surface area contributed by atoms with E-state index >= 15 is 0 Å². The number of carbonyl (C=O) groups is 2. The van der Waals surface area contributed by atoms with Gasteiger partial charge in [0, 0.05) is 0 Å². The molecule has 0 fully saturated rings. The normalized spacial score (nSPS) is 10.0. The van der Waals surface area contributed by atoms with Gasteiger partial charge in [0.15, 0.2) is 0 Å². The molecule has 1 heterocycles. The van der Waals surface area contributed by atoms with Gasteiger partial charge >= 0.3 is 11.8 Å². The third kappa shape index (κ3) is 3.21. The van der Waals surface area contributed by atoms with Crippen molar-refractivity contribution in [1.29, 1.82) is 0 Å². The minimum Gasteiger partial charge on any atom is -0.315 e. The van der Waals surface area contributed by atoms with Crippen LogP contribution in [-0.2, 0) is 9.59 Å². The maximum absolute atomic E-state index is 11.6. The van der Waals surface area contributed by atoms with Crippen LogP contribution in [0.4, 0.5) is 5.69 Å². The Morgan fingerprint density at radius 1 is 1.05 bits per heavy atom. The summed E-state index contributed by atoms with van der Waals surface area (Å²) in [6.07, 6.45) is 2.46. The topological polar surface area (TPSA) is 88.9 Å². The number of hydrogen-bond acceptors (Lipinski definition) is 4. The first kappa shape index (κ1) is 13.3. The van der Waals surface area contributed by atoms with Gasteiger partial charge in [-0.2, -0.15) is 0 Å². The van der Waals surface area contributed by atoms with Crippen LogP contribution in [0, 0.1) is 0 Å². The lowest BCUT2D eigenvalue weighted by Crippen LogP contribution is -2.33. The van der Waals surface area contributed by atoms with E-state index in [9.17, 15) is 9.59 Å². The molecule has 0 aliphatic carbocycles. The Kier molecular flexibility index (Phi) is 3.98. The van der Waals surface area contributed by atoms with Crippen molar-refractivity contribution in [2.45, 2.75) is 0 Å². The van der Waals surface area contributed by atoms with E-state index in [4.69, 9.17) is 23.2 Å². The van der Waals surface area contributed by atoms with Crippen molar-refractivity contribution in [3.05, 3.63) is 40.9 Å². The van der Waals surface area contributed by atoms with Crippen LogP contribution in [0.3, 0.4) is 0 Å². The molecule has 0 spiro atoms. The number of nitrogens with one attached hydrogen (secondary N) is 2. The van der Waals surface area contributed by atoms with Crippen molar-refractivity contribution in [2.24, 2.45) is 0 Å². The van der Waals surface area contributed by atoms with Crippen LogP contribution >= 0.6 is 23.2 Å². The van der Waals surface area contributed by atoms with Crippen LogP contribution in [0.25, 0.3) is 0 Å². The van der Waals surface area contributed by atoms with E-state index in [0.717, 1.165) is 4.68 Å². The second-order valence-corrected chi connectivity index (χ2v) is 4.18. The van der Waals surface area contributed by atoms with Gasteiger partial charge in [-0.15, -0.1) is 10.2 Å². The lowest BCUT2D eigenvalue weighted by molar-refractivity contribution is -0.133. The van der Waals surface area contributed by atoms with E-state index < -0.39 is 11.8 Å². The number of halogens is 2. The van der Waals surface area contributed by atoms with Crippen molar-refractivity contribution in [3.63, 3.8) is 0 Å². The number of rotatable bonds is 2. The Hall–Kier alpha value is -2.12. The zero-order valence-corrected chi connectivity index (χ0v) is 10.8. The fourth-order valence-electron chi connectivity index (χ4n) is 1.21. The Labute approximate surface area is 117 Å². The third-order valence-electron chi connectivity index (χ3n) is 2.06. The number of carbonyl (C=O) groups excluding carboxylic acids is 2. The smallest absolute Gasteiger partial charge is 0.315 e. The summed E-state index contributed by atoms with van der Waals surface area (Å²) in [4.78, 5) is 23.2. The first-order valence-electron chi connectivity index (χ1n) is 4.99. The number of hydrogen-bond donors (Lipinski definition) is 2. The number of anilines is 1. The van der Waals surface area contributed by atoms with Crippen molar-refractivity contribution >= 4 is 40.7 Å². The Bertz CT molecular complexity index is 594. The van der Waals surface area contributed by atoms with Gasteiger partial charge in [-0.05, 0) is 12.1 Å². The molecule has 19 heavy (non-hydrogen) atoms. The number of para-hydroxylation sites is 1. The highest BCUT2D eigenvalue weighted by Gasteiger charge is 2.17. The van der Waals surface area contributed by atoms with E-state index in [1.807, 2.05) is 0 Å². The molecule has 2 amide bonds. The molecule has 1 aromatic carbocycles. The average Bonchev–Trinajstić information content (AvgIpc) is 2.86. The Balaban J connectivity index is 2.07. The van der Waals surface area contributed by atoms with Crippen molar-refractivity contribution in [3.8, 4) is 0 Å². The predicted octanol–water partition coefficient (Wildman–Crippen LogP) is 1.29. The lowest BCUT2D eigenvalue weighted by atomic mass is 10.3. The van der Waals surface area contributed by atoms with Gasteiger partial charge in [-0.3, -0.25) is 15.0 Å². The highest BCUT2D eigenvalue weighted by molar-refractivity contribution is 6.46. The molecule has 0 atom stereocenters. The van der Waals surface area contributed by atoms with Gasteiger partial charge in [0.25, 0.3) is 0 Å². The van der Waals surface area contributed by atoms with Crippen molar-refractivity contribution in [1.82, 2.24) is 14.9 Å². The molecule has 0 aliphatic heterocycles. The monoisotopic (exact) mass is 299 g/mol. The lowest BCUT2D eigenvalue weighted by Gasteiger charge is -2.09. The number of nitrogens with zero attached hydrogens (tertiary/aromatic N) is 3. The fourth-order valence-corrected chi connectivity index (χ4v) is 1.71. The molecule has 2 rings (SSSR count). The van der Waals surface area contributed by atoms with E-state index in [2.05, 4.69) is 20.9 Å². The highest BCUT2D eigenvalue weighted by atomic mass is 35.5. The molecule has 0 saturated carbocycles. The largest absolute Gasteiger partial charge is 0.328 e. The highest BCUT2D eigenvalue weighted by Crippen LogP contribution is 2.29. The van der Waals surface area contributed by atoms with Crippen molar-refractivity contribution in [2.75, 3.05) is 10.7 Å². The Morgan fingerprint density at radius 3 is 2.21 bits per heavy atom. The average molecular weight is 300 g/mol. The van der Waals surface area contributed by atoms with E-state index in [0.29, 0.717) is 0 Å². The molecule has 2 N–H and O–H groups in total. The van der Waals surface area contributed by atoms with E-state index in [1.165, 1.54) is 12.7 Å². The summed E-state index contributed by atoms with van der Waals surface area (Å²) in [5.74, 6) is -1.82. The number of aromatic nitrogens is 3. The van der Waals surface area contributed by atoms with Gasteiger partial charge in [-0.1, -0.05) is 29.3 Å². The Morgan fingerprint density at radius 2 is 1.63 bits per heavy atom. The molecule has 0 saturated heterocycles. The summed E-state index contributed by atoms with van der Waals surface area (Å²) in [7, 11) is 0. The zero-order chi connectivity index (χ0) is 13.8. The molecule has 0 unspecified atom stereocenters. The summed E-state index contributed by atoms with van der Waals surface area (Å²) in [6, 6.07) is 4.71. The summed E-state index contributed by atoms with van der Waals surface area (Å²) in [5, 5.41) is 9.73. The second-order valence-electron chi connectivity index (χ2n) is 3.36. The summed E-state index contributed by atoms with van der Waals surface area (Å²) >= 11 is 11.7. The van der Waals surface area contributed by atoms with Crippen LogP contribution in [0.15, 0.2) is 30.9 Å². The molecule has 7 nitrogen and oxygen atoms in total. The molecule has 0 radical (unpaired) electrons. The maximum Gasteiger partial charge on any atom is 0.328 e. The minimum absolute atomic E-state index is 0.176. The first-order chi connectivity index (χ1) is 9.08. The second kappa shape index (κ2) is 5.68. The van der Waals surface area contributed by atoms with Crippen molar-refractivity contribution < 1.29 is 9.59 Å². The molecule has 0 aliphatic rings. The minimum atomic E-state index is -0.913. The van der Waals surface area contributed by atoms with Gasteiger partial charge in [0.2, 0.25) is 0 Å². The van der Waals surface area contributed by atoms with Crippen LogP contribution in [0.2, 0.25) is 10.0 Å². The van der Waals surface area contributed by atoms with Crippen LogP contribution in [-0.4, -0.2) is 26.7 Å². The fraction of sp³-hybridized carbons (Fsp3) is 0. The summed E-state index contributed by atoms with van der Waals surface area (Å²) in [6.45, 7) is 0. The van der Waals surface area contributed by atoms with Gasteiger partial charge in [0.1, 0.15) is 12.7 Å². The van der Waals surface area contributed by atoms with Crippen LogP contribution < -0.4 is 10.7 Å². The maximum atomic E-state index is 11.6. The molecule has 2 aromatic rings. The number of amides is 2. The van der Waals surface area contributed by atoms with Gasteiger partial charge in [-0.25, -0.2) is 4.68 Å². The van der Waals surface area contributed by atoms with Gasteiger partial charge < -0.3 is 5.32 Å². The zero-order valence-electron chi connectivity index (χ0n) is 9.30. The quantitative estimate of drug-likeness (QED) is 0.818. The summed E-state index contributed by atoms with van der Waals surface area (Å²) in [5.41, 5.74) is 2.41. The van der Waals surface area contributed by atoms with Gasteiger partial charge in [0.05, 0.1) is 15.7 Å². The van der Waals surface area contributed by atoms with Crippen LogP contribution in [0.5, 0.6) is 0 Å². The SMILES string of the molecule is O=C(Nc1c(Cl)cccc1Cl)C(=O)Nn1cnnc1. The molecular weight excluding hydrogens is 293 g/mol. The van der Waals surface area contributed by atoms with Crippen LogP contribution in [0.1, 0.15) is 0 Å². The number of benzene rings is 1. The summed E-state index contributed by atoms with van der Waals surface area (Å²) < 4.78 is 1.14. The van der Waals surface area contributed by atoms with E-state index in [1.54, 1.807) is 18.2 Å². The molecule has 0 bridgehead atoms. The third-order valence-corrected chi connectivity index (χ3v) is 2.69. The predicted molar refractivity (Wildman–Crippen MR) is 69.5 cm³/mol.